The van der Waals surface area contributed by atoms with Crippen molar-refractivity contribution in [3.8, 4) is 0 Å². The van der Waals surface area contributed by atoms with Gasteiger partial charge in [0.15, 0.2) is 0 Å². The Bertz CT molecular complexity index is 720. The molecule has 0 saturated heterocycles. The number of hydrogen-bond acceptors (Lipinski definition) is 4. The van der Waals surface area contributed by atoms with E-state index in [9.17, 15) is 14.4 Å². The van der Waals surface area contributed by atoms with Crippen LogP contribution in [0.4, 0.5) is 4.79 Å². The van der Waals surface area contributed by atoms with E-state index in [2.05, 4.69) is 17.6 Å². The van der Waals surface area contributed by atoms with Gasteiger partial charge in [0.25, 0.3) is 0 Å². The highest BCUT2D eigenvalue weighted by atomic mass is 16.6. The molecular formula is C23H37N3O4. The third kappa shape index (κ3) is 8.43. The fourth-order valence-corrected chi connectivity index (χ4v) is 3.19. The molecule has 0 heterocycles. The van der Waals surface area contributed by atoms with Crippen LogP contribution in [0.25, 0.3) is 0 Å². The molecule has 1 aromatic carbocycles. The highest BCUT2D eigenvalue weighted by Crippen LogP contribution is 2.24. The topological polar surface area (TPSA) is 87.7 Å². The molecule has 1 atom stereocenters. The van der Waals surface area contributed by atoms with Crippen LogP contribution >= 0.6 is 0 Å². The lowest BCUT2D eigenvalue weighted by Crippen LogP contribution is -2.47. The summed E-state index contributed by atoms with van der Waals surface area (Å²) in [4.78, 5) is 39.4. The largest absolute Gasteiger partial charge is 0.444 e. The smallest absolute Gasteiger partial charge is 0.408 e. The van der Waals surface area contributed by atoms with Crippen molar-refractivity contribution in [1.29, 1.82) is 0 Å². The zero-order valence-electron chi connectivity index (χ0n) is 19.4. The molecule has 2 N–H and O–H groups in total. The maximum Gasteiger partial charge on any atom is 0.408 e. The molecule has 0 saturated carbocycles. The Morgan fingerprint density at radius 2 is 1.63 bits per heavy atom. The summed E-state index contributed by atoms with van der Waals surface area (Å²) < 4.78 is 5.19. The van der Waals surface area contributed by atoms with Crippen LogP contribution in [0.1, 0.15) is 70.2 Å². The lowest BCUT2D eigenvalue weighted by atomic mass is 9.99. The van der Waals surface area contributed by atoms with Gasteiger partial charge in [0.1, 0.15) is 18.2 Å². The van der Waals surface area contributed by atoms with Crippen LogP contribution in [0.15, 0.2) is 18.2 Å². The first kappa shape index (κ1) is 25.5. The first-order valence-corrected chi connectivity index (χ1v) is 10.6. The van der Waals surface area contributed by atoms with Gasteiger partial charge in [-0.2, -0.15) is 0 Å². The zero-order valence-corrected chi connectivity index (χ0v) is 19.4. The van der Waals surface area contributed by atoms with Gasteiger partial charge in [0.05, 0.1) is 0 Å². The third-order valence-corrected chi connectivity index (χ3v) is 4.39. The number of likely N-dealkylation sites (N-methyl/N-ethyl adjacent to an activating group) is 1. The molecule has 7 nitrogen and oxygen atoms in total. The predicted octanol–water partition coefficient (Wildman–Crippen LogP) is 3.63. The minimum Gasteiger partial charge on any atom is -0.444 e. The molecule has 168 valence electrons. The van der Waals surface area contributed by atoms with Gasteiger partial charge in [0, 0.05) is 13.1 Å². The van der Waals surface area contributed by atoms with Gasteiger partial charge in [0.2, 0.25) is 11.8 Å². The fraction of sp³-hybridized carbons (Fsp3) is 0.609. The van der Waals surface area contributed by atoms with E-state index in [1.54, 1.807) is 20.8 Å². The van der Waals surface area contributed by atoms with Crippen molar-refractivity contribution in [3.05, 3.63) is 34.9 Å². The van der Waals surface area contributed by atoms with Crippen LogP contribution in [0.3, 0.4) is 0 Å². The molecule has 0 aromatic heterocycles. The van der Waals surface area contributed by atoms with E-state index in [0.717, 1.165) is 29.5 Å². The number of nitrogens with zero attached hydrogens (tertiary/aromatic N) is 1. The Kier molecular flexibility index (Phi) is 9.82. The molecule has 30 heavy (non-hydrogen) atoms. The van der Waals surface area contributed by atoms with Crippen molar-refractivity contribution in [2.75, 3.05) is 19.6 Å². The monoisotopic (exact) mass is 419 g/mol. The van der Waals surface area contributed by atoms with Gasteiger partial charge < -0.3 is 20.3 Å². The molecule has 1 rings (SSSR count). The number of benzene rings is 1. The number of ether oxygens (including phenoxy) is 1. The van der Waals surface area contributed by atoms with E-state index in [4.69, 9.17) is 4.74 Å². The van der Waals surface area contributed by atoms with Crippen LogP contribution in [-0.4, -0.2) is 48.0 Å². The van der Waals surface area contributed by atoms with E-state index in [0.29, 0.717) is 13.1 Å². The summed E-state index contributed by atoms with van der Waals surface area (Å²) in [5, 5.41) is 5.43. The van der Waals surface area contributed by atoms with Crippen molar-refractivity contribution in [3.63, 3.8) is 0 Å². The maximum atomic E-state index is 13.1. The van der Waals surface area contributed by atoms with Gasteiger partial charge in [-0.05, 0) is 53.5 Å². The minimum atomic E-state index is -0.765. The van der Waals surface area contributed by atoms with Crippen LogP contribution in [0.2, 0.25) is 0 Å². The Morgan fingerprint density at radius 3 is 2.13 bits per heavy atom. The quantitative estimate of drug-likeness (QED) is 0.598. The normalized spacial score (nSPS) is 12.1. The predicted molar refractivity (Wildman–Crippen MR) is 118 cm³/mol. The number of amides is 3. The van der Waals surface area contributed by atoms with Gasteiger partial charge in [-0.15, -0.1) is 0 Å². The first-order valence-electron chi connectivity index (χ1n) is 10.6. The average Bonchev–Trinajstić information content (AvgIpc) is 2.61. The zero-order chi connectivity index (χ0) is 22.9. The molecule has 1 unspecified atom stereocenters. The summed E-state index contributed by atoms with van der Waals surface area (Å²) in [6, 6.07) is 5.11. The second-order valence-electron chi connectivity index (χ2n) is 8.50. The van der Waals surface area contributed by atoms with Crippen molar-refractivity contribution >= 4 is 17.9 Å². The number of unbranched alkanes of at least 4 members (excludes halogenated alkanes) is 1. The van der Waals surface area contributed by atoms with Crippen LogP contribution in [-0.2, 0) is 14.3 Å². The molecule has 3 amide bonds. The van der Waals surface area contributed by atoms with Crippen LogP contribution in [0.5, 0.6) is 0 Å². The number of carbonyl (C=O) groups is 3. The lowest BCUT2D eigenvalue weighted by Gasteiger charge is -2.31. The SMILES string of the molecule is CCCCNC(=O)C(c1cc(C)cc(C)c1)N(CC)C(=O)CNC(=O)OC(C)(C)C. The number of aryl methyl sites for hydroxylation is 2. The molecule has 7 heteroatoms. The van der Waals surface area contributed by atoms with E-state index >= 15 is 0 Å². The highest BCUT2D eigenvalue weighted by molar-refractivity contribution is 5.90. The summed E-state index contributed by atoms with van der Waals surface area (Å²) >= 11 is 0. The molecule has 1 aromatic rings. The lowest BCUT2D eigenvalue weighted by molar-refractivity contribution is -0.140. The van der Waals surface area contributed by atoms with Crippen molar-refractivity contribution in [1.82, 2.24) is 15.5 Å². The van der Waals surface area contributed by atoms with E-state index < -0.39 is 17.7 Å². The van der Waals surface area contributed by atoms with Gasteiger partial charge >= 0.3 is 6.09 Å². The summed E-state index contributed by atoms with van der Waals surface area (Å²) in [5.41, 5.74) is 2.14. The second kappa shape index (κ2) is 11.6. The van der Waals surface area contributed by atoms with E-state index in [1.807, 2.05) is 39.0 Å². The first-order chi connectivity index (χ1) is 14.0. The van der Waals surface area contributed by atoms with E-state index in [-0.39, 0.29) is 18.4 Å². The number of nitrogens with one attached hydrogen (secondary N) is 2. The Labute approximate surface area is 180 Å². The van der Waals surface area contributed by atoms with Gasteiger partial charge in [-0.3, -0.25) is 9.59 Å². The van der Waals surface area contributed by atoms with Gasteiger partial charge in [-0.25, -0.2) is 4.79 Å². The van der Waals surface area contributed by atoms with Crippen molar-refractivity contribution < 1.29 is 19.1 Å². The summed E-state index contributed by atoms with van der Waals surface area (Å²) in [6.45, 7) is 13.7. The maximum absolute atomic E-state index is 13.1. The molecule has 0 spiro atoms. The van der Waals surface area contributed by atoms with Crippen molar-refractivity contribution in [2.45, 2.75) is 73.0 Å². The molecule has 0 aliphatic heterocycles. The number of alkyl carbamates (subject to hydrolysis) is 1. The van der Waals surface area contributed by atoms with E-state index in [1.165, 1.54) is 4.90 Å². The summed E-state index contributed by atoms with van der Waals surface area (Å²) in [5.74, 6) is -0.570. The average molecular weight is 420 g/mol. The molecular weight excluding hydrogens is 382 g/mol. The Morgan fingerprint density at radius 1 is 1.03 bits per heavy atom. The fourth-order valence-electron chi connectivity index (χ4n) is 3.19. The molecule has 0 radical (unpaired) electrons. The number of rotatable bonds is 9. The number of carbonyl (C=O) groups excluding carboxylic acids is 3. The van der Waals surface area contributed by atoms with Crippen molar-refractivity contribution in [2.24, 2.45) is 0 Å². The molecule has 0 fully saturated rings. The second-order valence-corrected chi connectivity index (χ2v) is 8.50. The summed E-state index contributed by atoms with van der Waals surface area (Å²) in [7, 11) is 0. The van der Waals surface area contributed by atoms with Crippen LogP contribution < -0.4 is 10.6 Å². The Balaban J connectivity index is 3.07. The van der Waals surface area contributed by atoms with Crippen LogP contribution in [0, 0.1) is 13.8 Å². The standard InChI is InChI=1S/C23H37N3O4/c1-8-10-11-24-21(28)20(18-13-16(3)12-17(4)14-18)26(9-2)19(27)15-25-22(29)30-23(5,6)7/h12-14,20H,8-11,15H2,1-7H3,(H,24,28)(H,25,29). The molecule has 0 bridgehead atoms. The summed E-state index contributed by atoms with van der Waals surface area (Å²) in [6.07, 6.45) is 1.17. The minimum absolute atomic E-state index is 0.221. The number of hydrogen-bond donors (Lipinski definition) is 2. The third-order valence-electron chi connectivity index (χ3n) is 4.39. The molecule has 0 aliphatic carbocycles. The van der Waals surface area contributed by atoms with Gasteiger partial charge in [-0.1, -0.05) is 42.7 Å². The molecule has 0 aliphatic rings. The Hall–Kier alpha value is -2.57. The highest BCUT2D eigenvalue weighted by Gasteiger charge is 2.31.